The summed E-state index contributed by atoms with van der Waals surface area (Å²) in [5.41, 5.74) is 0. The zero-order chi connectivity index (χ0) is 11.7. The number of nitrogens with one attached hydrogen (secondary N) is 1. The van der Waals surface area contributed by atoms with Gasteiger partial charge < -0.3 is 5.32 Å². The summed E-state index contributed by atoms with van der Waals surface area (Å²) in [6.07, 6.45) is 2.29. The van der Waals surface area contributed by atoms with E-state index < -0.39 is 0 Å². The Balaban J connectivity index is 3.26. The van der Waals surface area contributed by atoms with Crippen LogP contribution >= 0.6 is 11.8 Å². The van der Waals surface area contributed by atoms with Crippen LogP contribution in [0, 0.1) is 11.8 Å². The summed E-state index contributed by atoms with van der Waals surface area (Å²) in [5.74, 6) is 3.27. The molecule has 0 heterocycles. The van der Waals surface area contributed by atoms with Gasteiger partial charge in [-0.05, 0) is 30.4 Å². The number of thioether (sulfide) groups is 1. The van der Waals surface area contributed by atoms with Gasteiger partial charge in [-0.2, -0.15) is 11.8 Å². The molecule has 0 fully saturated rings. The van der Waals surface area contributed by atoms with Crippen LogP contribution in [-0.4, -0.2) is 24.0 Å². The van der Waals surface area contributed by atoms with Crippen LogP contribution < -0.4 is 5.32 Å². The Kier molecular flexibility index (Phi) is 8.97. The highest BCUT2D eigenvalue weighted by Gasteiger charge is 2.02. The van der Waals surface area contributed by atoms with Crippen molar-refractivity contribution in [3.63, 3.8) is 0 Å². The van der Waals surface area contributed by atoms with Crippen LogP contribution in [0.4, 0.5) is 0 Å². The third-order valence-electron chi connectivity index (χ3n) is 1.96. The minimum atomic E-state index is 0.185. The van der Waals surface area contributed by atoms with E-state index in [-0.39, 0.29) is 5.91 Å². The van der Waals surface area contributed by atoms with Crippen LogP contribution in [0.2, 0.25) is 0 Å². The quantitative estimate of drug-likeness (QED) is 0.651. The topological polar surface area (TPSA) is 29.1 Å². The molecule has 1 amide bonds. The Morgan fingerprint density at radius 2 is 1.87 bits per heavy atom. The molecular formula is C12H25NOS. The van der Waals surface area contributed by atoms with Gasteiger partial charge in [0.15, 0.2) is 0 Å². The van der Waals surface area contributed by atoms with Gasteiger partial charge in [0, 0.05) is 6.54 Å². The highest BCUT2D eigenvalue weighted by Crippen LogP contribution is 2.06. The molecule has 0 aromatic heterocycles. The van der Waals surface area contributed by atoms with Crippen LogP contribution in [0.5, 0.6) is 0 Å². The summed E-state index contributed by atoms with van der Waals surface area (Å²) in [6, 6.07) is 0. The molecule has 0 unspecified atom stereocenters. The lowest BCUT2D eigenvalue weighted by molar-refractivity contribution is -0.118. The van der Waals surface area contributed by atoms with E-state index in [4.69, 9.17) is 0 Å². The number of amides is 1. The number of hydrogen-bond donors (Lipinski definition) is 1. The first-order valence-electron chi connectivity index (χ1n) is 5.86. The van der Waals surface area contributed by atoms with Crippen molar-refractivity contribution in [2.75, 3.05) is 18.1 Å². The van der Waals surface area contributed by atoms with Gasteiger partial charge in [0.2, 0.25) is 5.91 Å². The van der Waals surface area contributed by atoms with E-state index in [1.807, 2.05) is 0 Å². The molecule has 0 radical (unpaired) electrons. The zero-order valence-electron chi connectivity index (χ0n) is 10.5. The monoisotopic (exact) mass is 231 g/mol. The molecule has 0 aliphatic rings. The van der Waals surface area contributed by atoms with Gasteiger partial charge in [-0.15, -0.1) is 0 Å². The van der Waals surface area contributed by atoms with E-state index in [1.165, 1.54) is 6.42 Å². The van der Waals surface area contributed by atoms with Gasteiger partial charge in [0.05, 0.1) is 5.75 Å². The third kappa shape index (κ3) is 11.7. The predicted octanol–water partition coefficient (Wildman–Crippen LogP) is 2.93. The summed E-state index contributed by atoms with van der Waals surface area (Å²) >= 11 is 1.72. The minimum Gasteiger partial charge on any atom is -0.355 e. The van der Waals surface area contributed by atoms with Crippen molar-refractivity contribution in [2.45, 2.75) is 40.5 Å². The van der Waals surface area contributed by atoms with E-state index in [0.717, 1.165) is 24.6 Å². The summed E-state index contributed by atoms with van der Waals surface area (Å²) in [4.78, 5) is 11.3. The molecule has 0 saturated carbocycles. The molecule has 2 nitrogen and oxygen atoms in total. The zero-order valence-corrected chi connectivity index (χ0v) is 11.3. The summed E-state index contributed by atoms with van der Waals surface area (Å²) < 4.78 is 0. The van der Waals surface area contributed by atoms with E-state index in [1.54, 1.807) is 11.8 Å². The fraction of sp³-hybridized carbons (Fsp3) is 0.917. The van der Waals surface area contributed by atoms with Gasteiger partial charge in [-0.25, -0.2) is 0 Å². The number of rotatable bonds is 8. The van der Waals surface area contributed by atoms with Crippen LogP contribution in [-0.2, 0) is 4.79 Å². The maximum Gasteiger partial charge on any atom is 0.229 e. The third-order valence-corrected chi connectivity index (χ3v) is 3.33. The van der Waals surface area contributed by atoms with Crippen LogP contribution in [0.25, 0.3) is 0 Å². The van der Waals surface area contributed by atoms with Crippen LogP contribution in [0.1, 0.15) is 40.5 Å². The van der Waals surface area contributed by atoms with Crippen molar-refractivity contribution in [1.82, 2.24) is 5.32 Å². The number of carbonyl (C=O) groups is 1. The van der Waals surface area contributed by atoms with E-state index in [2.05, 4.69) is 33.0 Å². The second-order valence-electron chi connectivity index (χ2n) is 4.80. The molecule has 0 saturated heterocycles. The lowest BCUT2D eigenvalue weighted by atomic mass is 10.1. The first-order chi connectivity index (χ1) is 7.02. The molecule has 0 spiro atoms. The van der Waals surface area contributed by atoms with Crippen molar-refractivity contribution >= 4 is 17.7 Å². The molecule has 0 rings (SSSR count). The maximum atomic E-state index is 11.3. The van der Waals surface area contributed by atoms with Crippen molar-refractivity contribution in [1.29, 1.82) is 0 Å². The van der Waals surface area contributed by atoms with Gasteiger partial charge in [-0.1, -0.05) is 27.7 Å². The minimum absolute atomic E-state index is 0.185. The molecule has 0 aromatic rings. The van der Waals surface area contributed by atoms with Crippen molar-refractivity contribution in [3.05, 3.63) is 0 Å². The maximum absolute atomic E-state index is 11.3. The largest absolute Gasteiger partial charge is 0.355 e. The highest BCUT2D eigenvalue weighted by atomic mass is 32.2. The van der Waals surface area contributed by atoms with Crippen LogP contribution in [0.15, 0.2) is 0 Å². The summed E-state index contributed by atoms with van der Waals surface area (Å²) in [7, 11) is 0. The summed E-state index contributed by atoms with van der Waals surface area (Å²) in [5, 5.41) is 2.95. The molecule has 1 N–H and O–H groups in total. The van der Waals surface area contributed by atoms with Crippen molar-refractivity contribution in [2.24, 2.45) is 11.8 Å². The second-order valence-corrected chi connectivity index (χ2v) is 5.83. The average molecular weight is 231 g/mol. The molecule has 0 aromatic carbocycles. The van der Waals surface area contributed by atoms with Crippen LogP contribution in [0.3, 0.4) is 0 Å². The molecule has 15 heavy (non-hydrogen) atoms. The SMILES string of the molecule is CC(C)CCCNC(=O)CSCC(C)C. The summed E-state index contributed by atoms with van der Waals surface area (Å²) in [6.45, 7) is 9.60. The Hall–Kier alpha value is -0.180. The van der Waals surface area contributed by atoms with E-state index in [9.17, 15) is 4.79 Å². The van der Waals surface area contributed by atoms with Crippen molar-refractivity contribution < 1.29 is 4.79 Å². The molecule has 0 aliphatic carbocycles. The first kappa shape index (κ1) is 14.8. The van der Waals surface area contributed by atoms with Gasteiger partial charge in [-0.3, -0.25) is 4.79 Å². The fourth-order valence-electron chi connectivity index (χ4n) is 1.18. The molecular weight excluding hydrogens is 206 g/mol. The lowest BCUT2D eigenvalue weighted by Crippen LogP contribution is -2.26. The Morgan fingerprint density at radius 1 is 1.20 bits per heavy atom. The molecule has 90 valence electrons. The molecule has 3 heteroatoms. The highest BCUT2D eigenvalue weighted by molar-refractivity contribution is 7.99. The van der Waals surface area contributed by atoms with Crippen molar-refractivity contribution in [3.8, 4) is 0 Å². The second kappa shape index (κ2) is 9.08. The first-order valence-corrected chi connectivity index (χ1v) is 7.02. The Morgan fingerprint density at radius 3 is 2.40 bits per heavy atom. The smallest absolute Gasteiger partial charge is 0.229 e. The fourth-order valence-corrected chi connectivity index (χ4v) is 2.05. The predicted molar refractivity (Wildman–Crippen MR) is 69.2 cm³/mol. The molecule has 0 atom stereocenters. The molecule has 0 bridgehead atoms. The lowest BCUT2D eigenvalue weighted by Gasteiger charge is -2.07. The average Bonchev–Trinajstić information content (AvgIpc) is 2.11. The Bertz CT molecular complexity index is 169. The van der Waals surface area contributed by atoms with Gasteiger partial charge in [0.1, 0.15) is 0 Å². The van der Waals surface area contributed by atoms with Gasteiger partial charge >= 0.3 is 0 Å². The van der Waals surface area contributed by atoms with E-state index >= 15 is 0 Å². The normalized spacial score (nSPS) is 11.1. The number of hydrogen-bond acceptors (Lipinski definition) is 2. The molecule has 0 aliphatic heterocycles. The standard InChI is InChI=1S/C12H25NOS/c1-10(2)6-5-7-13-12(14)9-15-8-11(3)4/h10-11H,5-9H2,1-4H3,(H,13,14). The van der Waals surface area contributed by atoms with E-state index in [0.29, 0.717) is 11.7 Å². The number of carbonyl (C=O) groups excluding carboxylic acids is 1. The van der Waals surface area contributed by atoms with Gasteiger partial charge in [0.25, 0.3) is 0 Å². The Labute approximate surface area is 98.6 Å².